The van der Waals surface area contributed by atoms with E-state index >= 15 is 0 Å². The fraction of sp³-hybridized carbons (Fsp3) is 0.941. The van der Waals surface area contributed by atoms with Gasteiger partial charge in [-0.25, -0.2) is 0 Å². The summed E-state index contributed by atoms with van der Waals surface area (Å²) < 4.78 is 16.8. The Balaban J connectivity index is 4.29. The third-order valence-electron chi connectivity index (χ3n) is 11.5. The second-order valence-electron chi connectivity index (χ2n) is 17.9. The molecule has 0 radical (unpaired) electrons. The molecule has 0 saturated heterocycles. The summed E-state index contributed by atoms with van der Waals surface area (Å²) >= 11 is 0. The average molecular weight is 807 g/mol. The molecule has 0 amide bonds. The van der Waals surface area contributed by atoms with Crippen molar-refractivity contribution in [2.75, 3.05) is 13.2 Å². The number of rotatable bonds is 46. The first-order chi connectivity index (χ1) is 27.9. The van der Waals surface area contributed by atoms with E-state index in [9.17, 15) is 14.4 Å². The lowest BCUT2D eigenvalue weighted by Gasteiger charge is -2.18. The zero-order valence-electron chi connectivity index (χ0n) is 38.8. The number of carbonyl (C=O) groups excluding carboxylic acids is 3. The van der Waals surface area contributed by atoms with Gasteiger partial charge in [0.25, 0.3) is 0 Å². The van der Waals surface area contributed by atoms with Crippen molar-refractivity contribution in [2.24, 2.45) is 5.92 Å². The van der Waals surface area contributed by atoms with Gasteiger partial charge >= 0.3 is 17.9 Å². The Bertz CT molecular complexity index is 857. The van der Waals surface area contributed by atoms with Crippen molar-refractivity contribution < 1.29 is 28.6 Å². The van der Waals surface area contributed by atoms with Crippen molar-refractivity contribution in [3.8, 4) is 0 Å². The van der Waals surface area contributed by atoms with Gasteiger partial charge in [0, 0.05) is 19.3 Å². The Morgan fingerprint density at radius 2 is 0.579 bits per heavy atom. The molecule has 6 nitrogen and oxygen atoms in total. The SMILES string of the molecule is CCCCCCCCCCCCCCCCCCC(=O)O[C@H](COC(=O)CCCCCCCCCCCCCCC)COC(=O)CCCCCCCCCC(C)C. The van der Waals surface area contributed by atoms with Gasteiger partial charge in [0.2, 0.25) is 0 Å². The van der Waals surface area contributed by atoms with Gasteiger partial charge in [-0.1, -0.05) is 246 Å². The fourth-order valence-electron chi connectivity index (χ4n) is 7.69. The molecule has 0 aliphatic heterocycles. The van der Waals surface area contributed by atoms with Crippen molar-refractivity contribution in [3.05, 3.63) is 0 Å². The normalized spacial score (nSPS) is 11.9. The standard InChI is InChI=1S/C51H98O6/c1-5-7-9-11-13-15-17-19-20-21-23-25-27-31-36-40-44-51(54)57-48(46-56-50(53)43-39-35-32-28-29-33-37-41-47(3)4)45-55-49(52)42-38-34-30-26-24-22-18-16-14-12-10-8-6-2/h47-48H,5-46H2,1-4H3/t48-/m1/s1. The van der Waals surface area contributed by atoms with E-state index in [0.717, 1.165) is 63.7 Å². The number of carbonyl (C=O) groups is 3. The van der Waals surface area contributed by atoms with Crippen LogP contribution in [0.25, 0.3) is 0 Å². The summed E-state index contributed by atoms with van der Waals surface area (Å²) in [5.41, 5.74) is 0. The van der Waals surface area contributed by atoms with Gasteiger partial charge in [-0.3, -0.25) is 14.4 Å². The number of esters is 3. The summed E-state index contributed by atoms with van der Waals surface area (Å²) in [6.07, 6.45) is 46.6. The first-order valence-electron chi connectivity index (χ1n) is 25.4. The van der Waals surface area contributed by atoms with Crippen LogP contribution in [-0.2, 0) is 28.6 Å². The van der Waals surface area contributed by atoms with Crippen LogP contribution in [0, 0.1) is 5.92 Å². The molecule has 57 heavy (non-hydrogen) atoms. The highest BCUT2D eigenvalue weighted by Crippen LogP contribution is 2.17. The van der Waals surface area contributed by atoms with Crippen molar-refractivity contribution in [1.82, 2.24) is 0 Å². The zero-order chi connectivity index (χ0) is 41.7. The molecular formula is C51H98O6. The summed E-state index contributed by atoms with van der Waals surface area (Å²) in [5.74, 6) is -0.0670. The van der Waals surface area contributed by atoms with Crippen molar-refractivity contribution in [1.29, 1.82) is 0 Å². The summed E-state index contributed by atoms with van der Waals surface area (Å²) in [5, 5.41) is 0. The number of hydrogen-bond acceptors (Lipinski definition) is 6. The maximum absolute atomic E-state index is 12.8. The van der Waals surface area contributed by atoms with E-state index in [-0.39, 0.29) is 31.1 Å². The molecule has 0 bridgehead atoms. The lowest BCUT2D eigenvalue weighted by molar-refractivity contribution is -0.167. The first kappa shape index (κ1) is 55.4. The molecule has 0 heterocycles. The molecular weight excluding hydrogens is 709 g/mol. The molecule has 0 aromatic rings. The van der Waals surface area contributed by atoms with Crippen LogP contribution >= 0.6 is 0 Å². The second-order valence-corrected chi connectivity index (χ2v) is 17.9. The highest BCUT2D eigenvalue weighted by Gasteiger charge is 2.19. The van der Waals surface area contributed by atoms with E-state index in [2.05, 4.69) is 27.7 Å². The molecule has 0 aromatic heterocycles. The number of ether oxygens (including phenoxy) is 3. The minimum Gasteiger partial charge on any atom is -0.462 e. The van der Waals surface area contributed by atoms with Crippen molar-refractivity contribution in [3.63, 3.8) is 0 Å². The van der Waals surface area contributed by atoms with E-state index in [0.29, 0.717) is 19.3 Å². The van der Waals surface area contributed by atoms with Crippen LogP contribution in [0.2, 0.25) is 0 Å². The molecule has 0 saturated carbocycles. The Kier molecular flexibility index (Phi) is 44.2. The van der Waals surface area contributed by atoms with Crippen LogP contribution in [-0.4, -0.2) is 37.2 Å². The molecule has 0 spiro atoms. The molecule has 0 aromatic carbocycles. The van der Waals surface area contributed by atoms with Gasteiger partial charge in [-0.15, -0.1) is 0 Å². The fourth-order valence-corrected chi connectivity index (χ4v) is 7.69. The number of unbranched alkanes of at least 4 members (excludes halogenated alkanes) is 33. The third-order valence-corrected chi connectivity index (χ3v) is 11.5. The zero-order valence-corrected chi connectivity index (χ0v) is 38.8. The summed E-state index contributed by atoms with van der Waals surface area (Å²) in [7, 11) is 0. The van der Waals surface area contributed by atoms with Gasteiger partial charge < -0.3 is 14.2 Å². The summed E-state index contributed by atoms with van der Waals surface area (Å²) in [4.78, 5) is 37.8. The van der Waals surface area contributed by atoms with Crippen molar-refractivity contribution >= 4 is 17.9 Å². The number of hydrogen-bond donors (Lipinski definition) is 0. The second kappa shape index (κ2) is 45.5. The van der Waals surface area contributed by atoms with E-state index < -0.39 is 6.10 Å². The summed E-state index contributed by atoms with van der Waals surface area (Å²) in [6.45, 7) is 8.97. The van der Waals surface area contributed by atoms with Crippen molar-refractivity contribution in [2.45, 2.75) is 291 Å². The van der Waals surface area contributed by atoms with Crippen LogP contribution in [0.5, 0.6) is 0 Å². The van der Waals surface area contributed by atoms with Gasteiger partial charge in [-0.05, 0) is 25.2 Å². The molecule has 0 N–H and O–H groups in total. The van der Waals surface area contributed by atoms with Crippen LogP contribution in [0.1, 0.15) is 285 Å². The highest BCUT2D eigenvalue weighted by molar-refractivity contribution is 5.71. The Labute approximate surface area is 355 Å². The smallest absolute Gasteiger partial charge is 0.306 e. The van der Waals surface area contributed by atoms with E-state index in [1.165, 1.54) is 180 Å². The Morgan fingerprint density at radius 1 is 0.333 bits per heavy atom. The van der Waals surface area contributed by atoms with Gasteiger partial charge in [0.05, 0.1) is 0 Å². The van der Waals surface area contributed by atoms with Crippen LogP contribution < -0.4 is 0 Å². The highest BCUT2D eigenvalue weighted by atomic mass is 16.6. The molecule has 0 aliphatic rings. The van der Waals surface area contributed by atoms with Gasteiger partial charge in [0.1, 0.15) is 13.2 Å². The Morgan fingerprint density at radius 3 is 0.860 bits per heavy atom. The van der Waals surface area contributed by atoms with Gasteiger partial charge in [0.15, 0.2) is 6.10 Å². The van der Waals surface area contributed by atoms with E-state index in [1.807, 2.05) is 0 Å². The monoisotopic (exact) mass is 807 g/mol. The predicted molar refractivity (Wildman–Crippen MR) is 243 cm³/mol. The van der Waals surface area contributed by atoms with Crippen LogP contribution in [0.15, 0.2) is 0 Å². The maximum Gasteiger partial charge on any atom is 0.306 e. The minimum atomic E-state index is -0.760. The van der Waals surface area contributed by atoms with E-state index in [1.54, 1.807) is 0 Å². The molecule has 6 heteroatoms. The van der Waals surface area contributed by atoms with Crippen LogP contribution in [0.4, 0.5) is 0 Å². The molecule has 0 unspecified atom stereocenters. The summed E-state index contributed by atoms with van der Waals surface area (Å²) in [6, 6.07) is 0. The maximum atomic E-state index is 12.8. The third kappa shape index (κ3) is 45.3. The molecule has 0 aliphatic carbocycles. The molecule has 338 valence electrons. The van der Waals surface area contributed by atoms with Crippen LogP contribution in [0.3, 0.4) is 0 Å². The topological polar surface area (TPSA) is 78.9 Å². The predicted octanol–water partition coefficient (Wildman–Crippen LogP) is 16.3. The Hall–Kier alpha value is -1.59. The molecule has 1 atom stereocenters. The van der Waals surface area contributed by atoms with Gasteiger partial charge in [-0.2, -0.15) is 0 Å². The van der Waals surface area contributed by atoms with E-state index in [4.69, 9.17) is 14.2 Å². The largest absolute Gasteiger partial charge is 0.462 e. The lowest BCUT2D eigenvalue weighted by atomic mass is 10.0. The first-order valence-corrected chi connectivity index (χ1v) is 25.4. The quantitative estimate of drug-likeness (QED) is 0.0346. The molecule has 0 fully saturated rings. The lowest BCUT2D eigenvalue weighted by Crippen LogP contribution is -2.30. The molecule has 0 rings (SSSR count). The average Bonchev–Trinajstić information content (AvgIpc) is 3.19. The minimum absolute atomic E-state index is 0.0634.